The molecule has 5 nitrogen and oxygen atoms in total. The number of nitrogens with zero attached hydrogens (tertiary/aromatic N) is 1. The average Bonchev–Trinajstić information content (AvgIpc) is 3.14. The van der Waals surface area contributed by atoms with Gasteiger partial charge >= 0.3 is 0 Å². The Morgan fingerprint density at radius 3 is 2.97 bits per heavy atom. The van der Waals surface area contributed by atoms with Crippen LogP contribution in [0, 0.1) is 5.92 Å². The number of ether oxygens (including phenoxy) is 1. The molecule has 1 aliphatic carbocycles. The molecular formula is C23H27ClN2O3. The number of amides is 1. The first-order valence-corrected chi connectivity index (χ1v) is 10.3. The van der Waals surface area contributed by atoms with Crippen LogP contribution in [0.1, 0.15) is 48.5 Å². The first-order valence-electron chi connectivity index (χ1n) is 9.91. The van der Waals surface area contributed by atoms with Crippen molar-refractivity contribution in [3.05, 3.63) is 71.5 Å². The van der Waals surface area contributed by atoms with E-state index in [0.29, 0.717) is 29.5 Å². The number of nitrogens with one attached hydrogen (secondary N) is 1. The summed E-state index contributed by atoms with van der Waals surface area (Å²) in [6, 6.07) is 10.5. The smallest absolute Gasteiger partial charge is 0.251 e. The minimum Gasteiger partial charge on any atom is -0.489 e. The second kappa shape index (κ2) is 9.42. The molecule has 2 aromatic rings. The molecule has 1 fully saturated rings. The molecule has 0 bridgehead atoms. The van der Waals surface area contributed by atoms with Gasteiger partial charge in [-0.15, -0.1) is 6.58 Å². The zero-order valence-electron chi connectivity index (χ0n) is 16.6. The number of hydrogen-bond donors (Lipinski definition) is 2. The Bertz CT molecular complexity index is 855. The molecule has 3 atom stereocenters. The predicted molar refractivity (Wildman–Crippen MR) is 114 cm³/mol. The zero-order chi connectivity index (χ0) is 20.9. The highest BCUT2D eigenvalue weighted by Gasteiger charge is 2.38. The van der Waals surface area contributed by atoms with Crippen molar-refractivity contribution in [3.63, 3.8) is 0 Å². The van der Waals surface area contributed by atoms with Crippen LogP contribution in [-0.4, -0.2) is 27.6 Å². The van der Waals surface area contributed by atoms with E-state index in [2.05, 4.69) is 16.9 Å². The predicted octanol–water partition coefficient (Wildman–Crippen LogP) is 4.54. The molecule has 0 radical (unpaired) electrons. The van der Waals surface area contributed by atoms with Gasteiger partial charge < -0.3 is 15.2 Å². The summed E-state index contributed by atoms with van der Waals surface area (Å²) < 4.78 is 5.78. The molecule has 29 heavy (non-hydrogen) atoms. The maximum Gasteiger partial charge on any atom is 0.251 e. The summed E-state index contributed by atoms with van der Waals surface area (Å²) in [6.45, 7) is 6.21. The number of aromatic nitrogens is 1. The monoisotopic (exact) mass is 414 g/mol. The van der Waals surface area contributed by atoms with Crippen LogP contribution in [0.25, 0.3) is 0 Å². The summed E-state index contributed by atoms with van der Waals surface area (Å²) in [5, 5.41) is 14.0. The summed E-state index contributed by atoms with van der Waals surface area (Å²) in [5.41, 5.74) is 0.786. The molecule has 3 unspecified atom stereocenters. The number of pyridine rings is 1. The van der Waals surface area contributed by atoms with Crippen molar-refractivity contribution in [2.45, 2.75) is 50.9 Å². The van der Waals surface area contributed by atoms with E-state index in [1.54, 1.807) is 36.5 Å². The Morgan fingerprint density at radius 2 is 2.31 bits per heavy atom. The lowest BCUT2D eigenvalue weighted by atomic mass is 9.93. The van der Waals surface area contributed by atoms with Gasteiger partial charge in [0.2, 0.25) is 0 Å². The lowest BCUT2D eigenvalue weighted by Gasteiger charge is -2.24. The van der Waals surface area contributed by atoms with E-state index in [0.717, 1.165) is 24.8 Å². The summed E-state index contributed by atoms with van der Waals surface area (Å²) in [4.78, 5) is 16.8. The van der Waals surface area contributed by atoms with Crippen LogP contribution in [0.2, 0.25) is 5.15 Å². The van der Waals surface area contributed by atoms with Gasteiger partial charge in [-0.05, 0) is 55.9 Å². The molecule has 0 saturated heterocycles. The van der Waals surface area contributed by atoms with Gasteiger partial charge in [0.25, 0.3) is 5.91 Å². The van der Waals surface area contributed by atoms with E-state index in [1.807, 2.05) is 19.1 Å². The van der Waals surface area contributed by atoms with E-state index in [-0.39, 0.29) is 17.9 Å². The number of carbonyl (C=O) groups is 1. The molecule has 1 aromatic carbocycles. The van der Waals surface area contributed by atoms with Gasteiger partial charge in [-0.25, -0.2) is 4.98 Å². The van der Waals surface area contributed by atoms with Crippen molar-refractivity contribution in [1.29, 1.82) is 0 Å². The molecule has 1 amide bonds. The number of carbonyl (C=O) groups excluding carboxylic acids is 1. The van der Waals surface area contributed by atoms with Crippen molar-refractivity contribution in [3.8, 4) is 5.75 Å². The topological polar surface area (TPSA) is 71.5 Å². The Kier molecular flexibility index (Phi) is 6.93. The van der Waals surface area contributed by atoms with Crippen LogP contribution in [0.3, 0.4) is 0 Å². The van der Waals surface area contributed by atoms with Crippen LogP contribution in [-0.2, 0) is 6.61 Å². The standard InChI is InChI=1S/C23H27ClN2O3/c1-3-20(18-10-11-23(28,4-2)13-18)26-22(27)17-6-5-7-19(12-17)29-15-16-8-9-21(24)25-14-16/h3,5-9,12,14,18,20,28H,1,4,10-11,13,15H2,2H3,(H,26,27). The Hall–Kier alpha value is -2.37. The summed E-state index contributed by atoms with van der Waals surface area (Å²) in [6.07, 6.45) is 6.46. The van der Waals surface area contributed by atoms with Gasteiger partial charge in [-0.1, -0.05) is 36.7 Å². The van der Waals surface area contributed by atoms with Gasteiger partial charge in [0.1, 0.15) is 17.5 Å². The van der Waals surface area contributed by atoms with Gasteiger partial charge in [0, 0.05) is 17.3 Å². The number of benzene rings is 1. The molecule has 3 rings (SSSR count). The molecule has 0 spiro atoms. The second-order valence-corrected chi connectivity index (χ2v) is 8.01. The minimum atomic E-state index is -0.624. The minimum absolute atomic E-state index is 0.173. The van der Waals surface area contributed by atoms with Crippen molar-refractivity contribution in [2.24, 2.45) is 5.92 Å². The fraction of sp³-hybridized carbons (Fsp3) is 0.391. The molecule has 154 valence electrons. The van der Waals surface area contributed by atoms with Crippen LogP contribution in [0.15, 0.2) is 55.3 Å². The first-order chi connectivity index (χ1) is 13.9. The number of hydrogen-bond acceptors (Lipinski definition) is 4. The fourth-order valence-corrected chi connectivity index (χ4v) is 3.88. The normalized spacial score (nSPS) is 22.1. The molecule has 1 aliphatic rings. The summed E-state index contributed by atoms with van der Waals surface area (Å²) in [7, 11) is 0. The maximum absolute atomic E-state index is 12.8. The average molecular weight is 415 g/mol. The van der Waals surface area contributed by atoms with Crippen LogP contribution < -0.4 is 10.1 Å². The van der Waals surface area contributed by atoms with Gasteiger partial charge in [0.05, 0.1) is 11.6 Å². The van der Waals surface area contributed by atoms with Gasteiger partial charge in [-0.2, -0.15) is 0 Å². The third-order valence-corrected chi connectivity index (χ3v) is 5.85. The number of rotatable bonds is 8. The highest BCUT2D eigenvalue weighted by Crippen LogP contribution is 2.38. The van der Waals surface area contributed by atoms with Crippen molar-refractivity contribution in [2.75, 3.05) is 0 Å². The fourth-order valence-electron chi connectivity index (χ4n) is 3.76. The van der Waals surface area contributed by atoms with Crippen LogP contribution >= 0.6 is 11.6 Å². The zero-order valence-corrected chi connectivity index (χ0v) is 17.4. The molecule has 1 heterocycles. The third kappa shape index (κ3) is 5.58. The Morgan fingerprint density at radius 1 is 1.48 bits per heavy atom. The molecule has 2 N–H and O–H groups in total. The van der Waals surface area contributed by atoms with E-state index in [1.165, 1.54) is 0 Å². The van der Waals surface area contributed by atoms with E-state index in [9.17, 15) is 9.90 Å². The van der Waals surface area contributed by atoms with Gasteiger partial charge in [0.15, 0.2) is 0 Å². The molecule has 6 heteroatoms. The lowest BCUT2D eigenvalue weighted by molar-refractivity contribution is 0.0382. The van der Waals surface area contributed by atoms with Crippen molar-refractivity contribution in [1.82, 2.24) is 10.3 Å². The second-order valence-electron chi connectivity index (χ2n) is 7.62. The lowest BCUT2D eigenvalue weighted by Crippen LogP contribution is -2.39. The SMILES string of the molecule is C=CC(NC(=O)c1cccc(OCc2ccc(Cl)nc2)c1)C1CCC(O)(CC)C1. The largest absolute Gasteiger partial charge is 0.489 e. The maximum atomic E-state index is 12.8. The van der Waals surface area contributed by atoms with E-state index >= 15 is 0 Å². The van der Waals surface area contributed by atoms with Gasteiger partial charge in [-0.3, -0.25) is 4.79 Å². The summed E-state index contributed by atoms with van der Waals surface area (Å²) >= 11 is 5.79. The van der Waals surface area contributed by atoms with Crippen LogP contribution in [0.5, 0.6) is 5.75 Å². The van der Waals surface area contributed by atoms with Crippen molar-refractivity contribution >= 4 is 17.5 Å². The Labute approximate surface area is 176 Å². The molecule has 1 saturated carbocycles. The first kappa shape index (κ1) is 21.3. The molecule has 0 aliphatic heterocycles. The Balaban J connectivity index is 1.61. The van der Waals surface area contributed by atoms with E-state index in [4.69, 9.17) is 16.3 Å². The molecular weight excluding hydrogens is 388 g/mol. The van der Waals surface area contributed by atoms with Crippen molar-refractivity contribution < 1.29 is 14.6 Å². The van der Waals surface area contributed by atoms with E-state index < -0.39 is 5.60 Å². The highest BCUT2D eigenvalue weighted by molar-refractivity contribution is 6.29. The molecule has 1 aromatic heterocycles. The highest BCUT2D eigenvalue weighted by atomic mass is 35.5. The van der Waals surface area contributed by atoms with Crippen LogP contribution in [0.4, 0.5) is 0 Å². The third-order valence-electron chi connectivity index (χ3n) is 5.63. The summed E-state index contributed by atoms with van der Waals surface area (Å²) in [5.74, 6) is 0.614. The number of halogens is 1. The quantitative estimate of drug-likeness (QED) is 0.491. The number of aliphatic hydroxyl groups is 1.